The Morgan fingerprint density at radius 1 is 1.35 bits per heavy atom. The molecule has 2 heterocycles. The van der Waals surface area contributed by atoms with Gasteiger partial charge in [-0.25, -0.2) is 13.4 Å². The molecule has 1 aliphatic rings. The van der Waals surface area contributed by atoms with Gasteiger partial charge in [0.2, 0.25) is 10.0 Å². The Balaban J connectivity index is 2.04. The van der Waals surface area contributed by atoms with Crippen molar-refractivity contribution in [1.29, 1.82) is 0 Å². The van der Waals surface area contributed by atoms with Crippen LogP contribution in [0.4, 0.5) is 5.69 Å². The molecule has 6 nitrogen and oxygen atoms in total. The fourth-order valence-electron chi connectivity index (χ4n) is 2.22. The lowest BCUT2D eigenvalue weighted by Gasteiger charge is -2.26. The normalized spacial score (nSPS) is 17.2. The third-order valence-electron chi connectivity index (χ3n) is 3.75. The maximum atomic E-state index is 12.3. The van der Waals surface area contributed by atoms with Crippen LogP contribution < -0.4 is 4.72 Å². The number of rotatable bonds is 5. The summed E-state index contributed by atoms with van der Waals surface area (Å²) in [5, 5.41) is 0.160. The van der Waals surface area contributed by atoms with Crippen LogP contribution in [0.5, 0.6) is 0 Å². The number of sulfonamides is 1. The number of morpholine rings is 1. The third kappa shape index (κ3) is 5.60. The molecule has 1 aromatic heterocycles. The van der Waals surface area contributed by atoms with Crippen LogP contribution in [0.3, 0.4) is 0 Å². The summed E-state index contributed by atoms with van der Waals surface area (Å²) in [6.45, 7) is 9.41. The molecule has 0 spiro atoms. The maximum absolute atomic E-state index is 12.3. The van der Waals surface area contributed by atoms with Crippen LogP contribution in [-0.4, -0.2) is 56.9 Å². The Kier molecular flexibility index (Phi) is 5.89. The molecule has 1 saturated heterocycles. The van der Waals surface area contributed by atoms with Crippen LogP contribution in [0.1, 0.15) is 26.3 Å². The molecule has 0 atom stereocenters. The second kappa shape index (κ2) is 7.34. The summed E-state index contributed by atoms with van der Waals surface area (Å²) in [6, 6.07) is 1.75. The zero-order valence-electron chi connectivity index (χ0n) is 13.8. The van der Waals surface area contributed by atoms with E-state index in [1.807, 2.05) is 20.8 Å². The van der Waals surface area contributed by atoms with Crippen LogP contribution in [0.15, 0.2) is 12.3 Å². The molecule has 0 amide bonds. The Bertz CT molecular complexity index is 638. The van der Waals surface area contributed by atoms with Gasteiger partial charge in [0.1, 0.15) is 0 Å². The molecular formula is C15H24ClN3O3S. The average molecular weight is 362 g/mol. The van der Waals surface area contributed by atoms with E-state index in [0.717, 1.165) is 18.7 Å². The van der Waals surface area contributed by atoms with Crippen molar-refractivity contribution in [2.24, 2.45) is 0 Å². The van der Waals surface area contributed by atoms with Gasteiger partial charge in [-0.1, -0.05) is 32.4 Å². The quantitative estimate of drug-likeness (QED) is 0.813. The van der Waals surface area contributed by atoms with Gasteiger partial charge in [-0.05, 0) is 17.0 Å². The van der Waals surface area contributed by atoms with Crippen molar-refractivity contribution in [2.45, 2.75) is 26.2 Å². The topological polar surface area (TPSA) is 71.5 Å². The van der Waals surface area contributed by atoms with Crippen molar-refractivity contribution < 1.29 is 13.2 Å². The lowest BCUT2D eigenvalue weighted by molar-refractivity contribution is 0.0408. The van der Waals surface area contributed by atoms with Crippen molar-refractivity contribution in [3.63, 3.8) is 0 Å². The van der Waals surface area contributed by atoms with E-state index in [0.29, 0.717) is 25.4 Å². The highest BCUT2D eigenvalue weighted by molar-refractivity contribution is 7.92. The number of aromatic nitrogens is 1. The lowest BCUT2D eigenvalue weighted by atomic mass is 9.88. The average Bonchev–Trinajstić information content (AvgIpc) is 2.47. The maximum Gasteiger partial charge on any atom is 0.234 e. The van der Waals surface area contributed by atoms with E-state index >= 15 is 0 Å². The predicted octanol–water partition coefficient (Wildman–Crippen LogP) is 2.11. The minimum absolute atomic E-state index is 0.0169. The molecule has 23 heavy (non-hydrogen) atoms. The Morgan fingerprint density at radius 3 is 2.61 bits per heavy atom. The highest BCUT2D eigenvalue weighted by Crippen LogP contribution is 2.28. The fourth-order valence-corrected chi connectivity index (χ4v) is 3.52. The Morgan fingerprint density at radius 2 is 2.00 bits per heavy atom. The van der Waals surface area contributed by atoms with Gasteiger partial charge in [0.25, 0.3) is 0 Å². The monoisotopic (exact) mass is 361 g/mol. The zero-order chi connectivity index (χ0) is 17.1. The molecule has 8 heteroatoms. The number of nitrogens with one attached hydrogen (secondary N) is 1. The Labute approximate surface area is 143 Å². The van der Waals surface area contributed by atoms with Crippen LogP contribution in [0, 0.1) is 0 Å². The lowest BCUT2D eigenvalue weighted by Crippen LogP contribution is -2.39. The second-order valence-corrected chi connectivity index (χ2v) is 8.89. The highest BCUT2D eigenvalue weighted by Gasteiger charge is 2.20. The second-order valence-electron chi connectivity index (χ2n) is 6.69. The number of hydrogen-bond donors (Lipinski definition) is 1. The first-order valence-electron chi connectivity index (χ1n) is 7.64. The number of anilines is 1. The van der Waals surface area contributed by atoms with E-state index in [4.69, 9.17) is 16.3 Å². The first kappa shape index (κ1) is 18.4. The van der Waals surface area contributed by atoms with E-state index < -0.39 is 10.0 Å². The standard InChI is InChI=1S/C15H24ClN3O3S/c1-15(2,3)12-10-13(14(16)17-11-12)18-23(20,21)9-6-19-4-7-22-8-5-19/h10-11,18H,4-9H2,1-3H3. The van der Waals surface area contributed by atoms with Gasteiger partial charge in [0.15, 0.2) is 5.15 Å². The fraction of sp³-hybridized carbons (Fsp3) is 0.667. The van der Waals surface area contributed by atoms with Crippen LogP contribution >= 0.6 is 11.6 Å². The highest BCUT2D eigenvalue weighted by atomic mass is 35.5. The van der Waals surface area contributed by atoms with E-state index in [1.54, 1.807) is 12.3 Å². The van der Waals surface area contributed by atoms with Crippen LogP contribution in [-0.2, 0) is 20.2 Å². The first-order valence-corrected chi connectivity index (χ1v) is 9.67. The van der Waals surface area contributed by atoms with Crippen molar-refractivity contribution in [3.05, 3.63) is 23.0 Å². The summed E-state index contributed by atoms with van der Waals surface area (Å²) >= 11 is 6.04. The van der Waals surface area contributed by atoms with Crippen LogP contribution in [0.2, 0.25) is 5.15 Å². The van der Waals surface area contributed by atoms with Gasteiger partial charge >= 0.3 is 0 Å². The summed E-state index contributed by atoms with van der Waals surface area (Å²) in [5.41, 5.74) is 1.12. The number of halogens is 1. The minimum atomic E-state index is -3.48. The van der Waals surface area contributed by atoms with Gasteiger partial charge in [-0.3, -0.25) is 9.62 Å². The first-order chi connectivity index (χ1) is 10.7. The van der Waals surface area contributed by atoms with E-state index in [2.05, 4.69) is 14.6 Å². The summed E-state index contributed by atoms with van der Waals surface area (Å²) in [5.74, 6) is 0.0169. The molecule has 2 rings (SSSR count). The molecule has 1 fully saturated rings. The summed E-state index contributed by atoms with van der Waals surface area (Å²) < 4.78 is 32.4. The van der Waals surface area contributed by atoms with Gasteiger partial charge in [0, 0.05) is 25.8 Å². The molecule has 0 saturated carbocycles. The van der Waals surface area contributed by atoms with Crippen molar-refractivity contribution >= 4 is 27.3 Å². The molecule has 0 unspecified atom stereocenters. The van der Waals surface area contributed by atoms with Crippen molar-refractivity contribution in [1.82, 2.24) is 9.88 Å². The molecule has 0 bridgehead atoms. The Hall–Kier alpha value is -0.890. The number of ether oxygens (including phenoxy) is 1. The minimum Gasteiger partial charge on any atom is -0.379 e. The van der Waals surface area contributed by atoms with Crippen molar-refractivity contribution in [2.75, 3.05) is 43.3 Å². The predicted molar refractivity (Wildman–Crippen MR) is 92.6 cm³/mol. The smallest absolute Gasteiger partial charge is 0.234 e. The van der Waals surface area contributed by atoms with E-state index in [-0.39, 0.29) is 16.3 Å². The summed E-state index contributed by atoms with van der Waals surface area (Å²) in [6.07, 6.45) is 1.67. The molecule has 1 N–H and O–H groups in total. The summed E-state index contributed by atoms with van der Waals surface area (Å²) in [4.78, 5) is 6.17. The molecule has 1 aromatic rings. The number of hydrogen-bond acceptors (Lipinski definition) is 5. The molecule has 130 valence electrons. The number of pyridine rings is 1. The van der Waals surface area contributed by atoms with E-state index in [9.17, 15) is 8.42 Å². The third-order valence-corrected chi connectivity index (χ3v) is 5.30. The molecule has 0 aliphatic carbocycles. The van der Waals surface area contributed by atoms with Gasteiger partial charge in [-0.15, -0.1) is 0 Å². The SMILES string of the molecule is CC(C)(C)c1cnc(Cl)c(NS(=O)(=O)CCN2CCOCC2)c1. The molecule has 0 aromatic carbocycles. The van der Waals surface area contributed by atoms with Crippen LogP contribution in [0.25, 0.3) is 0 Å². The van der Waals surface area contributed by atoms with Gasteiger partial charge in [-0.2, -0.15) is 0 Å². The van der Waals surface area contributed by atoms with Gasteiger partial charge in [0.05, 0.1) is 24.7 Å². The molecular weight excluding hydrogens is 338 g/mol. The number of nitrogens with zero attached hydrogens (tertiary/aromatic N) is 2. The largest absolute Gasteiger partial charge is 0.379 e. The summed E-state index contributed by atoms with van der Waals surface area (Å²) in [7, 11) is -3.48. The molecule has 0 radical (unpaired) electrons. The molecule has 1 aliphatic heterocycles. The van der Waals surface area contributed by atoms with Crippen molar-refractivity contribution in [3.8, 4) is 0 Å². The van der Waals surface area contributed by atoms with E-state index in [1.165, 1.54) is 0 Å². The zero-order valence-corrected chi connectivity index (χ0v) is 15.4. The van der Waals surface area contributed by atoms with Gasteiger partial charge < -0.3 is 4.74 Å².